The van der Waals surface area contributed by atoms with Crippen molar-refractivity contribution in [3.8, 4) is 22.8 Å². The van der Waals surface area contributed by atoms with Crippen molar-refractivity contribution < 1.29 is 31.5 Å². The molecule has 5 rings (SSSR count). The summed E-state index contributed by atoms with van der Waals surface area (Å²) in [5, 5.41) is 7.74. The molecule has 2 aromatic heterocycles. The third kappa shape index (κ3) is 4.59. The Bertz CT molecular complexity index is 1530. The van der Waals surface area contributed by atoms with Crippen LogP contribution in [0.4, 0.5) is 27.8 Å². The van der Waals surface area contributed by atoms with E-state index >= 15 is 4.39 Å². The van der Waals surface area contributed by atoms with Crippen LogP contribution in [0.3, 0.4) is 0 Å². The topological polar surface area (TPSA) is 108 Å². The van der Waals surface area contributed by atoms with Crippen molar-refractivity contribution in [1.29, 1.82) is 0 Å². The summed E-state index contributed by atoms with van der Waals surface area (Å²) in [6, 6.07) is 3.17. The maximum Gasteiger partial charge on any atom is 0.216 e. The Morgan fingerprint density at radius 3 is 2.50 bits per heavy atom. The highest BCUT2D eigenvalue weighted by Crippen LogP contribution is 2.40. The molecule has 4 aromatic rings. The van der Waals surface area contributed by atoms with E-state index in [1.165, 1.54) is 25.4 Å². The molecule has 1 aliphatic carbocycles. The molecule has 2 unspecified atom stereocenters. The van der Waals surface area contributed by atoms with Gasteiger partial charge in [-0.05, 0) is 37.3 Å². The van der Waals surface area contributed by atoms with Crippen molar-refractivity contribution in [3.63, 3.8) is 0 Å². The van der Waals surface area contributed by atoms with E-state index in [1.54, 1.807) is 4.68 Å². The van der Waals surface area contributed by atoms with Crippen LogP contribution >= 0.6 is 0 Å². The van der Waals surface area contributed by atoms with Crippen molar-refractivity contribution in [2.24, 2.45) is 5.92 Å². The normalized spacial score (nSPS) is 17.2. The lowest BCUT2D eigenvalue weighted by atomic mass is 10.1. The molecular weight excluding hydrogens is 511 g/mol. The predicted molar refractivity (Wildman–Crippen MR) is 127 cm³/mol. The van der Waals surface area contributed by atoms with E-state index in [9.17, 15) is 22.4 Å². The van der Waals surface area contributed by atoms with Gasteiger partial charge in [-0.2, -0.15) is 13.9 Å². The molecule has 1 aliphatic rings. The Kier molecular flexibility index (Phi) is 6.59. The number of carbonyl (C=O) groups excluding carboxylic acids is 1. The summed E-state index contributed by atoms with van der Waals surface area (Å²) in [4.78, 5) is 19.6. The maximum atomic E-state index is 15.3. The first-order valence-electron chi connectivity index (χ1n) is 11.7. The Balaban J connectivity index is 1.49. The molecule has 0 radical (unpaired) electrons. The number of nitrogens with two attached hydrogens (primary N) is 1. The van der Waals surface area contributed by atoms with Gasteiger partial charge < -0.3 is 15.8 Å². The van der Waals surface area contributed by atoms with Crippen LogP contribution in [0.25, 0.3) is 22.3 Å². The van der Waals surface area contributed by atoms with Crippen LogP contribution in [-0.4, -0.2) is 32.2 Å². The monoisotopic (exact) mass is 532 g/mol. The average molecular weight is 532 g/mol. The number of benzene rings is 2. The van der Waals surface area contributed by atoms with Gasteiger partial charge in [0.1, 0.15) is 29.4 Å². The zero-order chi connectivity index (χ0) is 27.1. The molecule has 2 heterocycles. The Morgan fingerprint density at radius 2 is 1.82 bits per heavy atom. The highest BCUT2D eigenvalue weighted by molar-refractivity contribution is 5.98. The van der Waals surface area contributed by atoms with Crippen LogP contribution in [0, 0.1) is 35.0 Å². The minimum atomic E-state index is -1.75. The van der Waals surface area contributed by atoms with Crippen molar-refractivity contribution in [3.05, 3.63) is 59.7 Å². The number of carbonyl (C=O) groups is 1. The minimum absolute atomic E-state index is 0.0261. The molecule has 1 fully saturated rings. The Morgan fingerprint density at radius 1 is 1.08 bits per heavy atom. The lowest BCUT2D eigenvalue weighted by Gasteiger charge is -2.13. The molecule has 0 spiro atoms. The van der Waals surface area contributed by atoms with E-state index in [4.69, 9.17) is 10.5 Å². The largest absolute Gasteiger partial charge is 0.451 e. The number of hydrogen-bond acceptors (Lipinski definition) is 6. The third-order valence-corrected chi connectivity index (χ3v) is 6.50. The van der Waals surface area contributed by atoms with Crippen molar-refractivity contribution in [2.75, 3.05) is 12.3 Å². The standard InChI is InChI=1S/C25H21F5N6O2/c1-11(37)32-9-12-2-3-13(6-12)36-25-19(24(31)33-10-34-25)22(35-36)15-5-4-14(7-16(15)26)38-23-20(29)17(27)8-18(28)21(23)30/h4-5,7-8,10,12-13H,2-3,6,9H2,1H3,(H,32,37)(H2,31,33,34). The van der Waals surface area contributed by atoms with Gasteiger partial charge in [0, 0.05) is 31.2 Å². The average Bonchev–Trinajstić information content (AvgIpc) is 3.50. The van der Waals surface area contributed by atoms with E-state index in [2.05, 4.69) is 20.4 Å². The van der Waals surface area contributed by atoms with Gasteiger partial charge >= 0.3 is 0 Å². The van der Waals surface area contributed by atoms with Gasteiger partial charge in [-0.1, -0.05) is 0 Å². The van der Waals surface area contributed by atoms with Crippen LogP contribution in [0.15, 0.2) is 30.6 Å². The van der Waals surface area contributed by atoms with Crippen LogP contribution in [-0.2, 0) is 4.79 Å². The SMILES string of the molecule is CC(=O)NCC1CCC(n2nc(-c3ccc(Oc4c(F)c(F)cc(F)c4F)cc3F)c3c(N)ncnc32)C1. The number of hydrogen-bond donors (Lipinski definition) is 2. The number of nitrogens with one attached hydrogen (secondary N) is 1. The van der Waals surface area contributed by atoms with Crippen LogP contribution in [0.1, 0.15) is 32.2 Å². The van der Waals surface area contributed by atoms with Gasteiger partial charge in [0.2, 0.25) is 23.3 Å². The zero-order valence-corrected chi connectivity index (χ0v) is 19.9. The first-order valence-corrected chi connectivity index (χ1v) is 11.7. The molecule has 13 heteroatoms. The van der Waals surface area contributed by atoms with Gasteiger partial charge in [-0.25, -0.2) is 27.8 Å². The zero-order valence-electron chi connectivity index (χ0n) is 19.9. The quantitative estimate of drug-likeness (QED) is 0.266. The fraction of sp³-hybridized carbons (Fsp3) is 0.280. The number of ether oxygens (including phenoxy) is 1. The van der Waals surface area contributed by atoms with Gasteiger partial charge in [0.25, 0.3) is 0 Å². The molecule has 1 saturated carbocycles. The summed E-state index contributed by atoms with van der Waals surface area (Å²) in [5.41, 5.74) is 6.62. The van der Waals surface area contributed by atoms with Crippen molar-refractivity contribution in [2.45, 2.75) is 32.2 Å². The first-order chi connectivity index (χ1) is 18.1. The minimum Gasteiger partial charge on any atom is -0.451 e. The van der Waals surface area contributed by atoms with Gasteiger partial charge in [0.05, 0.1) is 11.4 Å². The molecule has 38 heavy (non-hydrogen) atoms. The summed E-state index contributed by atoms with van der Waals surface area (Å²) < 4.78 is 76.9. The second-order valence-electron chi connectivity index (χ2n) is 9.06. The van der Waals surface area contributed by atoms with Crippen LogP contribution in [0.2, 0.25) is 0 Å². The third-order valence-electron chi connectivity index (χ3n) is 6.50. The molecule has 0 saturated heterocycles. The molecule has 1 amide bonds. The fourth-order valence-corrected chi connectivity index (χ4v) is 4.69. The highest BCUT2D eigenvalue weighted by atomic mass is 19.2. The maximum absolute atomic E-state index is 15.3. The van der Waals surface area contributed by atoms with E-state index in [-0.39, 0.29) is 41.0 Å². The Labute approximate surface area is 212 Å². The number of nitrogen functional groups attached to an aromatic ring is 1. The molecular formula is C25H21F5N6O2. The number of nitrogens with zero attached hydrogens (tertiary/aromatic N) is 4. The smallest absolute Gasteiger partial charge is 0.216 e. The second kappa shape index (κ2) is 9.88. The highest BCUT2D eigenvalue weighted by Gasteiger charge is 2.30. The lowest BCUT2D eigenvalue weighted by molar-refractivity contribution is -0.119. The Hall–Kier alpha value is -4.29. The van der Waals surface area contributed by atoms with E-state index in [1.807, 2.05) is 0 Å². The first kappa shape index (κ1) is 25.4. The van der Waals surface area contributed by atoms with Crippen molar-refractivity contribution >= 4 is 22.8 Å². The predicted octanol–water partition coefficient (Wildman–Crippen LogP) is 5.04. The lowest BCUT2D eigenvalue weighted by Crippen LogP contribution is -2.26. The number of halogens is 5. The molecule has 198 valence electrons. The molecule has 2 aromatic carbocycles. The van der Waals surface area contributed by atoms with Crippen LogP contribution in [0.5, 0.6) is 11.5 Å². The van der Waals surface area contributed by atoms with Gasteiger partial charge in [-0.3, -0.25) is 4.79 Å². The summed E-state index contributed by atoms with van der Waals surface area (Å²) in [6.07, 6.45) is 3.58. The number of fused-ring (bicyclic) bond motifs is 1. The molecule has 2 atom stereocenters. The molecule has 0 bridgehead atoms. The van der Waals surface area contributed by atoms with E-state index in [0.29, 0.717) is 24.0 Å². The number of anilines is 1. The van der Waals surface area contributed by atoms with Crippen LogP contribution < -0.4 is 15.8 Å². The van der Waals surface area contributed by atoms with Crippen molar-refractivity contribution in [1.82, 2.24) is 25.1 Å². The van der Waals surface area contributed by atoms with Gasteiger partial charge in [-0.15, -0.1) is 0 Å². The van der Waals surface area contributed by atoms with E-state index in [0.717, 1.165) is 18.9 Å². The summed E-state index contributed by atoms with van der Waals surface area (Å²) >= 11 is 0. The molecule has 8 nitrogen and oxygen atoms in total. The summed E-state index contributed by atoms with van der Waals surface area (Å²) in [6.45, 7) is 1.98. The summed E-state index contributed by atoms with van der Waals surface area (Å²) in [7, 11) is 0. The summed E-state index contributed by atoms with van der Waals surface area (Å²) in [5.74, 6) is -9.27. The second-order valence-corrected chi connectivity index (χ2v) is 9.06. The number of rotatable bonds is 6. The van der Waals surface area contributed by atoms with E-state index < -0.39 is 40.6 Å². The molecule has 3 N–H and O–H groups in total. The van der Waals surface area contributed by atoms with Gasteiger partial charge in [0.15, 0.2) is 17.3 Å². The molecule has 0 aliphatic heterocycles. The number of aromatic nitrogens is 4. The number of amides is 1. The fourth-order valence-electron chi connectivity index (χ4n) is 4.69.